The van der Waals surface area contributed by atoms with Gasteiger partial charge in [-0.3, -0.25) is 0 Å². The molecule has 0 spiro atoms. The maximum absolute atomic E-state index is 12.4. The van der Waals surface area contributed by atoms with Crippen molar-refractivity contribution in [3.05, 3.63) is 35.8 Å². The molecule has 2 rings (SSSR count). The number of alkyl halides is 3. The fourth-order valence-electron chi connectivity index (χ4n) is 1.37. The van der Waals surface area contributed by atoms with E-state index in [4.69, 9.17) is 0 Å². The SMILES string of the molecule is CC.Cc1ncnc2cc(C(F)(F)F)ccc12. The maximum Gasteiger partial charge on any atom is 0.416 e. The molecule has 0 N–H and O–H groups in total. The monoisotopic (exact) mass is 242 g/mol. The molecule has 92 valence electrons. The summed E-state index contributed by atoms with van der Waals surface area (Å²) in [5, 5.41) is 0.644. The predicted octanol–water partition coefficient (Wildman–Crippen LogP) is 3.98. The Hall–Kier alpha value is -1.65. The molecule has 0 radical (unpaired) electrons. The second-order valence-corrected chi connectivity index (χ2v) is 3.19. The number of aryl methyl sites for hydroxylation is 1. The zero-order valence-corrected chi connectivity index (χ0v) is 9.84. The Balaban J connectivity index is 0.000000686. The number of hydrogen-bond acceptors (Lipinski definition) is 2. The van der Waals surface area contributed by atoms with Crippen molar-refractivity contribution in [1.82, 2.24) is 9.97 Å². The van der Waals surface area contributed by atoms with Gasteiger partial charge in [-0.15, -0.1) is 0 Å². The van der Waals surface area contributed by atoms with Crippen LogP contribution in [0.1, 0.15) is 25.1 Å². The summed E-state index contributed by atoms with van der Waals surface area (Å²) < 4.78 is 37.1. The molecule has 1 aromatic carbocycles. The average Bonchev–Trinajstić information content (AvgIpc) is 2.30. The van der Waals surface area contributed by atoms with E-state index < -0.39 is 11.7 Å². The van der Waals surface area contributed by atoms with E-state index in [1.54, 1.807) is 6.92 Å². The first-order valence-electron chi connectivity index (χ1n) is 5.27. The zero-order chi connectivity index (χ0) is 13.1. The second-order valence-electron chi connectivity index (χ2n) is 3.19. The minimum absolute atomic E-state index is 0.317. The van der Waals surface area contributed by atoms with Crippen LogP contribution >= 0.6 is 0 Å². The fourth-order valence-corrected chi connectivity index (χ4v) is 1.37. The third kappa shape index (κ3) is 2.93. The summed E-state index contributed by atoms with van der Waals surface area (Å²) in [6, 6.07) is 3.47. The van der Waals surface area contributed by atoms with Crippen molar-refractivity contribution in [1.29, 1.82) is 0 Å². The third-order valence-electron chi connectivity index (χ3n) is 2.16. The number of aromatic nitrogens is 2. The Bertz CT molecular complexity index is 507. The molecule has 0 bridgehead atoms. The molecule has 1 heterocycles. The highest BCUT2D eigenvalue weighted by molar-refractivity contribution is 5.81. The van der Waals surface area contributed by atoms with E-state index in [1.807, 2.05) is 13.8 Å². The van der Waals surface area contributed by atoms with Gasteiger partial charge < -0.3 is 0 Å². The molecule has 1 aromatic heterocycles. The van der Waals surface area contributed by atoms with E-state index in [0.717, 1.165) is 12.1 Å². The molecule has 2 aromatic rings. The van der Waals surface area contributed by atoms with Crippen LogP contribution in [0.4, 0.5) is 13.2 Å². The number of benzene rings is 1. The molecule has 0 aliphatic carbocycles. The average molecular weight is 242 g/mol. The lowest BCUT2D eigenvalue weighted by Gasteiger charge is -2.07. The standard InChI is InChI=1S/C10H7F3N2.C2H6/c1-6-8-3-2-7(10(11,12)13)4-9(8)15-5-14-6;1-2/h2-5H,1H3;1-2H3. The summed E-state index contributed by atoms with van der Waals surface area (Å²) in [4.78, 5) is 7.71. The van der Waals surface area contributed by atoms with Crippen LogP contribution in [-0.2, 0) is 6.18 Å². The minimum Gasteiger partial charge on any atom is -0.241 e. The third-order valence-corrected chi connectivity index (χ3v) is 2.16. The molecule has 0 saturated carbocycles. The van der Waals surface area contributed by atoms with Gasteiger partial charge in [0.2, 0.25) is 0 Å². The van der Waals surface area contributed by atoms with Crippen LogP contribution in [0.25, 0.3) is 10.9 Å². The molecule has 5 heteroatoms. The lowest BCUT2D eigenvalue weighted by molar-refractivity contribution is -0.137. The molecule has 0 aliphatic rings. The Morgan fingerprint density at radius 3 is 2.29 bits per heavy atom. The fraction of sp³-hybridized carbons (Fsp3) is 0.333. The van der Waals surface area contributed by atoms with Crippen LogP contribution < -0.4 is 0 Å². The summed E-state index contributed by atoms with van der Waals surface area (Å²) in [7, 11) is 0. The first-order valence-corrected chi connectivity index (χ1v) is 5.27. The number of rotatable bonds is 0. The van der Waals surface area contributed by atoms with Crippen LogP contribution in [0.15, 0.2) is 24.5 Å². The lowest BCUT2D eigenvalue weighted by Crippen LogP contribution is -2.04. The highest BCUT2D eigenvalue weighted by Gasteiger charge is 2.30. The lowest BCUT2D eigenvalue weighted by atomic mass is 10.1. The van der Waals surface area contributed by atoms with E-state index in [9.17, 15) is 13.2 Å². The van der Waals surface area contributed by atoms with E-state index in [0.29, 0.717) is 16.6 Å². The van der Waals surface area contributed by atoms with Crippen LogP contribution in [-0.4, -0.2) is 9.97 Å². The van der Waals surface area contributed by atoms with Gasteiger partial charge >= 0.3 is 6.18 Å². The van der Waals surface area contributed by atoms with E-state index in [2.05, 4.69) is 9.97 Å². The number of halogens is 3. The number of hydrogen-bond donors (Lipinski definition) is 0. The highest BCUT2D eigenvalue weighted by atomic mass is 19.4. The van der Waals surface area contributed by atoms with Crippen molar-refractivity contribution in [3.8, 4) is 0 Å². The van der Waals surface area contributed by atoms with Gasteiger partial charge in [0, 0.05) is 11.1 Å². The molecule has 2 nitrogen and oxygen atoms in total. The van der Waals surface area contributed by atoms with Crippen LogP contribution in [0, 0.1) is 6.92 Å². The van der Waals surface area contributed by atoms with Crippen molar-refractivity contribution >= 4 is 10.9 Å². The Kier molecular flexibility index (Phi) is 4.04. The van der Waals surface area contributed by atoms with Gasteiger partial charge in [0.05, 0.1) is 11.1 Å². The van der Waals surface area contributed by atoms with Crippen LogP contribution in [0.5, 0.6) is 0 Å². The van der Waals surface area contributed by atoms with Gasteiger partial charge in [0.15, 0.2) is 0 Å². The van der Waals surface area contributed by atoms with Gasteiger partial charge in [0.1, 0.15) is 6.33 Å². The van der Waals surface area contributed by atoms with Crippen molar-refractivity contribution in [2.75, 3.05) is 0 Å². The van der Waals surface area contributed by atoms with Gasteiger partial charge in [0.25, 0.3) is 0 Å². The van der Waals surface area contributed by atoms with E-state index in [1.165, 1.54) is 12.4 Å². The molecule has 17 heavy (non-hydrogen) atoms. The predicted molar refractivity (Wildman–Crippen MR) is 60.6 cm³/mol. The molecule has 0 amide bonds. The minimum atomic E-state index is -4.33. The molecule has 0 fully saturated rings. The highest BCUT2D eigenvalue weighted by Crippen LogP contribution is 2.31. The summed E-state index contributed by atoms with van der Waals surface area (Å²) in [6.45, 7) is 5.73. The smallest absolute Gasteiger partial charge is 0.241 e. The van der Waals surface area contributed by atoms with Gasteiger partial charge in [-0.25, -0.2) is 9.97 Å². The summed E-state index contributed by atoms with van der Waals surface area (Å²) in [5.74, 6) is 0. The van der Waals surface area contributed by atoms with Gasteiger partial charge in [-0.1, -0.05) is 19.9 Å². The largest absolute Gasteiger partial charge is 0.416 e. The number of fused-ring (bicyclic) bond motifs is 1. The van der Waals surface area contributed by atoms with Crippen molar-refractivity contribution in [2.24, 2.45) is 0 Å². The maximum atomic E-state index is 12.4. The molecule has 0 aliphatic heterocycles. The summed E-state index contributed by atoms with van der Waals surface area (Å²) in [5.41, 5.74) is 0.305. The topological polar surface area (TPSA) is 25.8 Å². The van der Waals surface area contributed by atoms with Crippen molar-refractivity contribution in [3.63, 3.8) is 0 Å². The first kappa shape index (κ1) is 13.4. The second kappa shape index (κ2) is 5.12. The van der Waals surface area contributed by atoms with Crippen LogP contribution in [0.2, 0.25) is 0 Å². The zero-order valence-electron chi connectivity index (χ0n) is 9.84. The first-order chi connectivity index (χ1) is 7.98. The Labute approximate surface area is 97.5 Å². The quantitative estimate of drug-likeness (QED) is 0.698. The molecule has 0 atom stereocenters. The van der Waals surface area contributed by atoms with E-state index in [-0.39, 0.29) is 0 Å². The van der Waals surface area contributed by atoms with Crippen molar-refractivity contribution in [2.45, 2.75) is 26.9 Å². The summed E-state index contributed by atoms with van der Waals surface area (Å²) >= 11 is 0. The van der Waals surface area contributed by atoms with Crippen LogP contribution in [0.3, 0.4) is 0 Å². The molecular weight excluding hydrogens is 229 g/mol. The van der Waals surface area contributed by atoms with Gasteiger partial charge in [-0.05, 0) is 19.1 Å². The Morgan fingerprint density at radius 1 is 1.06 bits per heavy atom. The molecule has 0 unspecified atom stereocenters. The Morgan fingerprint density at radius 2 is 1.71 bits per heavy atom. The van der Waals surface area contributed by atoms with E-state index >= 15 is 0 Å². The van der Waals surface area contributed by atoms with Crippen molar-refractivity contribution < 1.29 is 13.2 Å². The number of nitrogens with zero attached hydrogens (tertiary/aromatic N) is 2. The van der Waals surface area contributed by atoms with Gasteiger partial charge in [-0.2, -0.15) is 13.2 Å². The normalized spacial score (nSPS) is 10.9. The summed E-state index contributed by atoms with van der Waals surface area (Å²) in [6.07, 6.45) is -3.06. The molecule has 0 saturated heterocycles. The molecular formula is C12H13F3N2.